The van der Waals surface area contributed by atoms with Gasteiger partial charge in [-0.05, 0) is 29.8 Å². The maximum atomic E-state index is 13.5. The van der Waals surface area contributed by atoms with Crippen LogP contribution in [-0.2, 0) is 30.7 Å². The third-order valence-corrected chi connectivity index (χ3v) is 6.27. The van der Waals surface area contributed by atoms with Crippen LogP contribution in [0.2, 0.25) is 0 Å². The molecule has 0 aliphatic carbocycles. The van der Waals surface area contributed by atoms with Crippen LogP contribution in [-0.4, -0.2) is 24.7 Å². The van der Waals surface area contributed by atoms with Crippen LogP contribution in [0, 0.1) is 0 Å². The Labute approximate surface area is 168 Å². The molecule has 0 spiro atoms. The number of anilines is 1. The molecule has 0 fully saturated rings. The summed E-state index contributed by atoms with van der Waals surface area (Å²) >= 11 is 0. The summed E-state index contributed by atoms with van der Waals surface area (Å²) in [6.07, 6.45) is 1.06. The van der Waals surface area contributed by atoms with E-state index in [0.717, 1.165) is 25.2 Å². The molecular weight excluding hydrogens is 394 g/mol. The van der Waals surface area contributed by atoms with Gasteiger partial charge in [0, 0.05) is 20.3 Å². The zero-order valence-electron chi connectivity index (χ0n) is 16.3. The molecule has 0 N–H and O–H groups in total. The molecule has 0 bridgehead atoms. The molecule has 8 nitrogen and oxygen atoms in total. The molecule has 1 aromatic heterocycles. The number of hydrogen-bond donors (Lipinski definition) is 0. The molecular formula is C20H21N3O5S. The Kier molecular flexibility index (Phi) is 5.60. The second-order valence-corrected chi connectivity index (χ2v) is 8.28. The van der Waals surface area contributed by atoms with Crippen LogP contribution < -0.4 is 20.3 Å². The maximum Gasteiger partial charge on any atom is 0.330 e. The van der Waals surface area contributed by atoms with Gasteiger partial charge < -0.3 is 9.30 Å². The molecule has 29 heavy (non-hydrogen) atoms. The summed E-state index contributed by atoms with van der Waals surface area (Å²) in [6.45, 7) is 0.0154. The van der Waals surface area contributed by atoms with Crippen molar-refractivity contribution >= 4 is 15.7 Å². The van der Waals surface area contributed by atoms with E-state index < -0.39 is 26.2 Å². The van der Waals surface area contributed by atoms with Crippen LogP contribution in [0.15, 0.2) is 75.3 Å². The minimum Gasteiger partial charge on any atom is -0.497 e. The smallest absolute Gasteiger partial charge is 0.330 e. The highest BCUT2D eigenvalue weighted by Crippen LogP contribution is 2.26. The number of sulfonamides is 1. The summed E-state index contributed by atoms with van der Waals surface area (Å²) in [6, 6.07) is 15.5. The van der Waals surface area contributed by atoms with Crippen molar-refractivity contribution in [3.63, 3.8) is 0 Å². The van der Waals surface area contributed by atoms with Crippen LogP contribution in [0.25, 0.3) is 0 Å². The van der Waals surface area contributed by atoms with E-state index in [1.165, 1.54) is 21.2 Å². The van der Waals surface area contributed by atoms with Gasteiger partial charge in [0.25, 0.3) is 15.6 Å². The Bertz CT molecular complexity index is 1230. The van der Waals surface area contributed by atoms with E-state index in [1.54, 1.807) is 48.5 Å². The van der Waals surface area contributed by atoms with Crippen LogP contribution in [0.1, 0.15) is 5.56 Å². The summed E-state index contributed by atoms with van der Waals surface area (Å²) in [5, 5.41) is 0. The van der Waals surface area contributed by atoms with Crippen molar-refractivity contribution in [2.24, 2.45) is 14.1 Å². The molecule has 0 unspecified atom stereocenters. The summed E-state index contributed by atoms with van der Waals surface area (Å²) in [5.74, 6) is 0.573. The van der Waals surface area contributed by atoms with Gasteiger partial charge in [-0.2, -0.15) is 0 Å². The third kappa shape index (κ3) is 3.95. The predicted octanol–water partition coefficient (Wildman–Crippen LogP) is 1.49. The minimum atomic E-state index is -4.26. The molecule has 0 saturated carbocycles. The van der Waals surface area contributed by atoms with Crippen LogP contribution in [0.5, 0.6) is 5.75 Å². The highest BCUT2D eigenvalue weighted by molar-refractivity contribution is 7.92. The second-order valence-electron chi connectivity index (χ2n) is 6.45. The molecule has 2 aromatic carbocycles. The highest BCUT2D eigenvalue weighted by Gasteiger charge is 2.29. The van der Waals surface area contributed by atoms with Gasteiger partial charge in [0.1, 0.15) is 5.75 Å². The number of aryl methyl sites for hydroxylation is 1. The van der Waals surface area contributed by atoms with E-state index in [0.29, 0.717) is 11.4 Å². The van der Waals surface area contributed by atoms with Crippen molar-refractivity contribution < 1.29 is 13.2 Å². The second kappa shape index (κ2) is 7.96. The largest absolute Gasteiger partial charge is 0.497 e. The van der Waals surface area contributed by atoms with Crippen LogP contribution in [0.4, 0.5) is 5.69 Å². The van der Waals surface area contributed by atoms with Crippen LogP contribution >= 0.6 is 0 Å². The number of benzene rings is 2. The fourth-order valence-corrected chi connectivity index (χ4v) is 4.49. The first-order chi connectivity index (χ1) is 13.8. The van der Waals surface area contributed by atoms with Crippen molar-refractivity contribution in [3.05, 3.63) is 87.2 Å². The molecule has 0 aliphatic heterocycles. The average Bonchev–Trinajstić information content (AvgIpc) is 2.73. The zero-order chi connectivity index (χ0) is 21.2. The molecule has 1 heterocycles. The van der Waals surface area contributed by atoms with Gasteiger partial charge in [-0.1, -0.05) is 30.3 Å². The van der Waals surface area contributed by atoms with Gasteiger partial charge in [0.05, 0.1) is 19.3 Å². The Hall–Kier alpha value is -3.33. The molecule has 0 aliphatic rings. The standard InChI is InChI=1S/C20H21N3O5S/c1-21-14-18(19(24)22(2)20(21)25)29(26,27)23(13-15-7-5-4-6-8-15)16-9-11-17(28-3)12-10-16/h4-12,14H,13H2,1-3H3. The Morgan fingerprint density at radius 2 is 1.59 bits per heavy atom. The molecule has 9 heteroatoms. The zero-order valence-corrected chi connectivity index (χ0v) is 17.1. The van der Waals surface area contributed by atoms with Crippen molar-refractivity contribution in [1.29, 1.82) is 0 Å². The molecule has 3 rings (SSSR count). The normalized spacial score (nSPS) is 11.3. The lowest BCUT2D eigenvalue weighted by Gasteiger charge is -2.25. The summed E-state index contributed by atoms with van der Waals surface area (Å²) in [7, 11) is -0.102. The minimum absolute atomic E-state index is 0.0154. The Balaban J connectivity index is 2.19. The first-order valence-corrected chi connectivity index (χ1v) is 10.2. The fourth-order valence-electron chi connectivity index (χ4n) is 2.88. The molecule has 3 aromatic rings. The fraction of sp³-hybridized carbons (Fsp3) is 0.200. The van der Waals surface area contributed by atoms with Gasteiger partial charge in [-0.3, -0.25) is 13.7 Å². The Morgan fingerprint density at radius 3 is 2.17 bits per heavy atom. The van der Waals surface area contributed by atoms with Crippen molar-refractivity contribution in [2.45, 2.75) is 11.4 Å². The van der Waals surface area contributed by atoms with Gasteiger partial charge in [-0.25, -0.2) is 13.2 Å². The lowest BCUT2D eigenvalue weighted by atomic mass is 10.2. The summed E-state index contributed by atoms with van der Waals surface area (Å²) in [5.41, 5.74) is -0.369. The van der Waals surface area contributed by atoms with Gasteiger partial charge in [-0.15, -0.1) is 0 Å². The van der Waals surface area contributed by atoms with E-state index >= 15 is 0 Å². The SMILES string of the molecule is COc1ccc(N(Cc2ccccc2)S(=O)(=O)c2cn(C)c(=O)n(C)c2=O)cc1. The number of aromatic nitrogens is 2. The highest BCUT2D eigenvalue weighted by atomic mass is 32.2. The first-order valence-electron chi connectivity index (χ1n) is 8.73. The summed E-state index contributed by atoms with van der Waals surface area (Å²) in [4.78, 5) is 24.1. The van der Waals surface area contributed by atoms with E-state index in [4.69, 9.17) is 4.74 Å². The number of methoxy groups -OCH3 is 1. The first kappa shape index (κ1) is 20.4. The topological polar surface area (TPSA) is 90.6 Å². The average molecular weight is 415 g/mol. The maximum absolute atomic E-state index is 13.5. The lowest BCUT2D eigenvalue weighted by molar-refractivity contribution is 0.415. The number of ether oxygens (including phenoxy) is 1. The predicted molar refractivity (Wildman–Crippen MR) is 110 cm³/mol. The van der Waals surface area contributed by atoms with Crippen molar-refractivity contribution in [2.75, 3.05) is 11.4 Å². The third-order valence-electron chi connectivity index (χ3n) is 4.51. The van der Waals surface area contributed by atoms with E-state index in [2.05, 4.69) is 0 Å². The number of nitrogens with zero attached hydrogens (tertiary/aromatic N) is 3. The van der Waals surface area contributed by atoms with Crippen LogP contribution in [0.3, 0.4) is 0 Å². The van der Waals surface area contributed by atoms with Gasteiger partial charge >= 0.3 is 5.69 Å². The summed E-state index contributed by atoms with van der Waals surface area (Å²) < 4.78 is 35.1. The van der Waals surface area contributed by atoms with E-state index in [-0.39, 0.29) is 6.54 Å². The van der Waals surface area contributed by atoms with E-state index in [9.17, 15) is 18.0 Å². The molecule has 0 saturated heterocycles. The lowest BCUT2D eigenvalue weighted by Crippen LogP contribution is -2.42. The Morgan fingerprint density at radius 1 is 0.966 bits per heavy atom. The number of hydrogen-bond acceptors (Lipinski definition) is 5. The molecule has 152 valence electrons. The van der Waals surface area contributed by atoms with Gasteiger partial charge in [0.15, 0.2) is 4.90 Å². The van der Waals surface area contributed by atoms with E-state index in [1.807, 2.05) is 6.07 Å². The van der Waals surface area contributed by atoms with Gasteiger partial charge in [0.2, 0.25) is 0 Å². The molecule has 0 radical (unpaired) electrons. The monoisotopic (exact) mass is 415 g/mol. The van der Waals surface area contributed by atoms with Crippen molar-refractivity contribution in [1.82, 2.24) is 9.13 Å². The molecule has 0 atom stereocenters. The molecule has 0 amide bonds. The quantitative estimate of drug-likeness (QED) is 0.608. The van der Waals surface area contributed by atoms with Crippen molar-refractivity contribution in [3.8, 4) is 5.75 Å². The number of rotatable bonds is 6.